The van der Waals surface area contributed by atoms with Crippen LogP contribution in [-0.4, -0.2) is 25.7 Å². The summed E-state index contributed by atoms with van der Waals surface area (Å²) in [5.41, 5.74) is 2.94. The van der Waals surface area contributed by atoms with Crippen LogP contribution in [0.4, 0.5) is 0 Å². The minimum Gasteiger partial charge on any atom is -0.287 e. The number of benzene rings is 2. The highest BCUT2D eigenvalue weighted by molar-refractivity contribution is 6.11. The molecule has 0 fully saturated rings. The van der Waals surface area contributed by atoms with Crippen molar-refractivity contribution in [2.75, 3.05) is 0 Å². The lowest BCUT2D eigenvalue weighted by Crippen LogP contribution is -2.09. The van der Waals surface area contributed by atoms with E-state index in [1.807, 2.05) is 48.5 Å². The van der Waals surface area contributed by atoms with Crippen molar-refractivity contribution in [3.63, 3.8) is 0 Å². The van der Waals surface area contributed by atoms with Crippen LogP contribution in [0.1, 0.15) is 16.1 Å². The number of hydrogen-bond donors (Lipinski definition) is 0. The fourth-order valence-corrected chi connectivity index (χ4v) is 2.48. The van der Waals surface area contributed by atoms with Gasteiger partial charge >= 0.3 is 0 Å². The van der Waals surface area contributed by atoms with Crippen LogP contribution in [0.5, 0.6) is 0 Å². The molecule has 4 rings (SSSR count). The predicted octanol–water partition coefficient (Wildman–Crippen LogP) is 3.32. The number of aromatic nitrogens is 4. The second kappa shape index (κ2) is 5.96. The van der Waals surface area contributed by atoms with Crippen LogP contribution in [0.15, 0.2) is 73.1 Å². The third-order valence-electron chi connectivity index (χ3n) is 3.62. The molecule has 0 N–H and O–H groups in total. The number of rotatable bonds is 3. The lowest BCUT2D eigenvalue weighted by atomic mass is 10.0. The van der Waals surface area contributed by atoms with E-state index < -0.39 is 0 Å². The summed E-state index contributed by atoms with van der Waals surface area (Å²) in [6.45, 7) is 0. The second-order valence-corrected chi connectivity index (χ2v) is 5.19. The van der Waals surface area contributed by atoms with Crippen LogP contribution < -0.4 is 0 Å². The molecule has 0 aliphatic heterocycles. The summed E-state index contributed by atoms with van der Waals surface area (Å²) >= 11 is 0. The minimum absolute atomic E-state index is 0.186. The molecule has 2 heterocycles. The first-order valence-electron chi connectivity index (χ1n) is 7.47. The summed E-state index contributed by atoms with van der Waals surface area (Å²) in [4.78, 5) is 30.3. The largest absolute Gasteiger partial charge is 0.287 e. The van der Waals surface area contributed by atoms with E-state index in [0.29, 0.717) is 22.6 Å². The lowest BCUT2D eigenvalue weighted by Gasteiger charge is -2.08. The molecule has 2 aromatic carbocycles. The Kier molecular flexibility index (Phi) is 3.51. The van der Waals surface area contributed by atoms with Gasteiger partial charge < -0.3 is 0 Å². The van der Waals surface area contributed by atoms with E-state index in [2.05, 4.69) is 19.9 Å². The zero-order valence-corrected chi connectivity index (χ0v) is 12.6. The fraction of sp³-hybridized carbons (Fsp3) is 0. The Morgan fingerprint density at radius 2 is 1.29 bits per heavy atom. The average molecular weight is 312 g/mol. The van der Waals surface area contributed by atoms with Crippen LogP contribution in [0.3, 0.4) is 0 Å². The topological polar surface area (TPSA) is 68.6 Å². The van der Waals surface area contributed by atoms with Crippen molar-refractivity contribution in [2.24, 2.45) is 0 Å². The van der Waals surface area contributed by atoms with E-state index in [9.17, 15) is 4.79 Å². The van der Waals surface area contributed by atoms with Crippen molar-refractivity contribution in [3.8, 4) is 11.3 Å². The zero-order chi connectivity index (χ0) is 16.4. The summed E-state index contributed by atoms with van der Waals surface area (Å²) in [7, 11) is 0. The van der Waals surface area contributed by atoms with E-state index in [4.69, 9.17) is 0 Å². The molecule has 0 bridgehead atoms. The lowest BCUT2D eigenvalue weighted by molar-refractivity contribution is 0.103. The van der Waals surface area contributed by atoms with Crippen LogP contribution in [-0.2, 0) is 0 Å². The van der Waals surface area contributed by atoms with Gasteiger partial charge in [-0.3, -0.25) is 4.79 Å². The van der Waals surface area contributed by atoms with Crippen molar-refractivity contribution in [3.05, 3.63) is 84.3 Å². The maximum absolute atomic E-state index is 12.9. The van der Waals surface area contributed by atoms with Gasteiger partial charge in [-0.15, -0.1) is 0 Å². The van der Waals surface area contributed by atoms with Gasteiger partial charge in [0.05, 0.1) is 0 Å². The summed E-state index contributed by atoms with van der Waals surface area (Å²) in [5, 5.41) is 0. The van der Waals surface area contributed by atoms with E-state index in [1.165, 1.54) is 6.20 Å². The van der Waals surface area contributed by atoms with E-state index >= 15 is 0 Å². The van der Waals surface area contributed by atoms with Crippen molar-refractivity contribution < 1.29 is 4.79 Å². The van der Waals surface area contributed by atoms with Gasteiger partial charge in [0.1, 0.15) is 11.4 Å². The standard InChI is InChI=1S/C19H12N4O/c24-17(14-9-5-2-6-10-14)16-15(13-7-3-1-4-8-13)22-18-19(23-16)21-12-11-20-18/h1-12H. The number of fused-ring (bicyclic) bond motifs is 1. The monoisotopic (exact) mass is 312 g/mol. The normalized spacial score (nSPS) is 10.7. The van der Waals surface area contributed by atoms with Gasteiger partial charge in [-0.05, 0) is 0 Å². The third kappa shape index (κ3) is 2.52. The van der Waals surface area contributed by atoms with Crippen molar-refractivity contribution >= 4 is 17.1 Å². The van der Waals surface area contributed by atoms with Gasteiger partial charge in [-0.2, -0.15) is 0 Å². The molecule has 0 atom stereocenters. The molecule has 0 unspecified atom stereocenters. The molecule has 0 radical (unpaired) electrons. The van der Waals surface area contributed by atoms with Gasteiger partial charge in [0, 0.05) is 23.5 Å². The molecule has 0 aliphatic carbocycles. The number of carbonyl (C=O) groups excluding carboxylic acids is 1. The summed E-state index contributed by atoms with van der Waals surface area (Å²) < 4.78 is 0. The van der Waals surface area contributed by atoms with Crippen molar-refractivity contribution in [2.45, 2.75) is 0 Å². The summed E-state index contributed by atoms with van der Waals surface area (Å²) in [6.07, 6.45) is 3.10. The van der Waals surface area contributed by atoms with E-state index in [-0.39, 0.29) is 11.5 Å². The maximum Gasteiger partial charge on any atom is 0.213 e. The van der Waals surface area contributed by atoms with Gasteiger partial charge in [0.15, 0.2) is 11.3 Å². The zero-order valence-electron chi connectivity index (χ0n) is 12.6. The molecular weight excluding hydrogens is 300 g/mol. The Bertz CT molecular complexity index is 1020. The van der Waals surface area contributed by atoms with E-state index in [1.54, 1.807) is 18.3 Å². The molecule has 24 heavy (non-hydrogen) atoms. The summed E-state index contributed by atoms with van der Waals surface area (Å²) in [6, 6.07) is 18.5. The van der Waals surface area contributed by atoms with Crippen LogP contribution in [0, 0.1) is 0 Å². The Morgan fingerprint density at radius 1 is 0.708 bits per heavy atom. The molecule has 5 heteroatoms. The Morgan fingerprint density at radius 3 is 1.96 bits per heavy atom. The Labute approximate surface area is 138 Å². The number of carbonyl (C=O) groups is 1. The van der Waals surface area contributed by atoms with Crippen LogP contribution in [0.25, 0.3) is 22.6 Å². The molecular formula is C19H12N4O. The molecule has 0 amide bonds. The highest BCUT2D eigenvalue weighted by Gasteiger charge is 2.19. The SMILES string of the molecule is O=C(c1ccccc1)c1nc2nccnc2nc1-c1ccccc1. The molecule has 4 aromatic rings. The van der Waals surface area contributed by atoms with Crippen molar-refractivity contribution in [1.82, 2.24) is 19.9 Å². The highest BCUT2D eigenvalue weighted by atomic mass is 16.1. The molecule has 0 saturated heterocycles. The summed E-state index contributed by atoms with van der Waals surface area (Å²) in [5.74, 6) is -0.186. The maximum atomic E-state index is 12.9. The van der Waals surface area contributed by atoms with E-state index in [0.717, 1.165) is 5.56 Å². The van der Waals surface area contributed by atoms with Gasteiger partial charge in [0.2, 0.25) is 5.78 Å². The molecule has 0 aliphatic rings. The van der Waals surface area contributed by atoms with Gasteiger partial charge in [-0.1, -0.05) is 60.7 Å². The Balaban J connectivity index is 1.97. The number of nitrogens with zero attached hydrogens (tertiary/aromatic N) is 4. The van der Waals surface area contributed by atoms with Gasteiger partial charge in [0.25, 0.3) is 0 Å². The molecule has 114 valence electrons. The smallest absolute Gasteiger partial charge is 0.213 e. The number of ketones is 1. The highest BCUT2D eigenvalue weighted by Crippen LogP contribution is 2.24. The van der Waals surface area contributed by atoms with Gasteiger partial charge in [-0.25, -0.2) is 19.9 Å². The first-order valence-corrected chi connectivity index (χ1v) is 7.47. The van der Waals surface area contributed by atoms with Crippen LogP contribution >= 0.6 is 0 Å². The molecule has 0 saturated carbocycles. The Hall–Kier alpha value is -3.47. The molecule has 0 spiro atoms. The fourth-order valence-electron chi connectivity index (χ4n) is 2.48. The minimum atomic E-state index is -0.186. The van der Waals surface area contributed by atoms with Crippen LogP contribution in [0.2, 0.25) is 0 Å². The average Bonchev–Trinajstić information content (AvgIpc) is 2.68. The quantitative estimate of drug-likeness (QED) is 0.543. The third-order valence-corrected chi connectivity index (χ3v) is 3.62. The first-order chi connectivity index (χ1) is 11.8. The molecule has 5 nitrogen and oxygen atoms in total. The second-order valence-electron chi connectivity index (χ2n) is 5.19. The first kappa shape index (κ1) is 14.1. The van der Waals surface area contributed by atoms with Crippen molar-refractivity contribution in [1.29, 1.82) is 0 Å². The molecule has 2 aromatic heterocycles. The number of hydrogen-bond acceptors (Lipinski definition) is 5. The predicted molar refractivity (Wildman–Crippen MR) is 90.4 cm³/mol.